The van der Waals surface area contributed by atoms with E-state index in [1.54, 1.807) is 0 Å². The van der Waals surface area contributed by atoms with Crippen molar-refractivity contribution in [1.82, 2.24) is 9.80 Å². The number of likely N-dealkylation sites (tertiary alicyclic amines) is 2. The average Bonchev–Trinajstić information content (AvgIpc) is 2.49. The molecule has 2 fully saturated rings. The quantitative estimate of drug-likeness (QED) is 0.727. The summed E-state index contributed by atoms with van der Waals surface area (Å²) in [6, 6.07) is 0. The molecule has 0 aromatic carbocycles. The Balaban J connectivity index is 0.000000235. The van der Waals surface area contributed by atoms with E-state index in [1.165, 1.54) is 51.6 Å². The molecule has 2 heterocycles. The van der Waals surface area contributed by atoms with E-state index in [1.807, 2.05) is 0 Å². The second kappa shape index (κ2) is 11.3. The number of aliphatic hydroxyl groups is 1. The first kappa shape index (κ1) is 19.8. The van der Waals surface area contributed by atoms with Gasteiger partial charge < -0.3 is 14.9 Å². The lowest BCUT2D eigenvalue weighted by molar-refractivity contribution is 0.173. The third kappa shape index (κ3) is 10.5. The third-order valence-corrected chi connectivity index (χ3v) is 4.61. The SMILES string of the molecule is CS(=O)(=O)OCCN1CCCCC1.OCCN1CCCCC1. The predicted octanol–water partition coefficient (Wildman–Crippen LogP) is 0.913. The smallest absolute Gasteiger partial charge is 0.264 e. The van der Waals surface area contributed by atoms with Crippen molar-refractivity contribution in [2.24, 2.45) is 0 Å². The second-order valence-corrected chi connectivity index (χ2v) is 7.70. The summed E-state index contributed by atoms with van der Waals surface area (Å²) < 4.78 is 25.9. The highest BCUT2D eigenvalue weighted by Gasteiger charge is 2.10. The molecule has 7 heteroatoms. The molecular weight excluding hydrogens is 304 g/mol. The molecular formula is C15H32N2O4S. The van der Waals surface area contributed by atoms with Crippen molar-refractivity contribution in [2.75, 3.05) is 58.7 Å². The highest BCUT2D eigenvalue weighted by Crippen LogP contribution is 2.08. The summed E-state index contributed by atoms with van der Waals surface area (Å²) in [7, 11) is -3.25. The van der Waals surface area contributed by atoms with E-state index >= 15 is 0 Å². The third-order valence-electron chi connectivity index (χ3n) is 4.02. The molecule has 2 aliphatic heterocycles. The number of β-amino-alcohol motifs (C(OH)–C–C–N with tert-alkyl or cyclic N) is 1. The van der Waals surface area contributed by atoms with Crippen molar-refractivity contribution < 1.29 is 17.7 Å². The maximum atomic E-state index is 10.6. The molecule has 0 radical (unpaired) electrons. The van der Waals surface area contributed by atoms with Gasteiger partial charge in [0.25, 0.3) is 10.1 Å². The van der Waals surface area contributed by atoms with Crippen LogP contribution in [-0.4, -0.2) is 82.1 Å². The zero-order valence-electron chi connectivity index (χ0n) is 13.9. The Hall–Kier alpha value is -0.210. The van der Waals surface area contributed by atoms with Crippen molar-refractivity contribution in [2.45, 2.75) is 38.5 Å². The van der Waals surface area contributed by atoms with Crippen LogP contribution in [0, 0.1) is 0 Å². The number of piperidine rings is 2. The molecule has 1 N–H and O–H groups in total. The first-order chi connectivity index (χ1) is 10.5. The Morgan fingerprint density at radius 2 is 1.32 bits per heavy atom. The van der Waals surface area contributed by atoms with Gasteiger partial charge in [0.2, 0.25) is 0 Å². The van der Waals surface area contributed by atoms with Gasteiger partial charge in [-0.3, -0.25) is 4.18 Å². The Morgan fingerprint density at radius 3 is 1.73 bits per heavy atom. The molecule has 0 bridgehead atoms. The molecule has 0 saturated carbocycles. The lowest BCUT2D eigenvalue weighted by atomic mass is 10.1. The van der Waals surface area contributed by atoms with E-state index in [9.17, 15) is 8.42 Å². The topological polar surface area (TPSA) is 70.1 Å². The van der Waals surface area contributed by atoms with Crippen LogP contribution in [0.15, 0.2) is 0 Å². The van der Waals surface area contributed by atoms with Gasteiger partial charge in [0.1, 0.15) is 0 Å². The van der Waals surface area contributed by atoms with Crippen molar-refractivity contribution >= 4 is 10.1 Å². The van der Waals surface area contributed by atoms with E-state index in [2.05, 4.69) is 14.0 Å². The Morgan fingerprint density at radius 1 is 0.864 bits per heavy atom. The molecule has 22 heavy (non-hydrogen) atoms. The van der Waals surface area contributed by atoms with Crippen LogP contribution in [0.5, 0.6) is 0 Å². The lowest BCUT2D eigenvalue weighted by Crippen LogP contribution is -2.33. The van der Waals surface area contributed by atoms with Crippen LogP contribution >= 0.6 is 0 Å². The number of hydrogen-bond acceptors (Lipinski definition) is 6. The highest BCUT2D eigenvalue weighted by atomic mass is 32.2. The molecule has 2 rings (SSSR count). The number of rotatable bonds is 6. The van der Waals surface area contributed by atoms with Gasteiger partial charge in [-0.2, -0.15) is 8.42 Å². The van der Waals surface area contributed by atoms with Gasteiger partial charge >= 0.3 is 0 Å². The van der Waals surface area contributed by atoms with Crippen LogP contribution in [0.4, 0.5) is 0 Å². The lowest BCUT2D eigenvalue weighted by Gasteiger charge is -2.25. The maximum absolute atomic E-state index is 10.6. The number of aliphatic hydroxyl groups excluding tert-OH is 1. The molecule has 0 amide bonds. The molecule has 2 saturated heterocycles. The monoisotopic (exact) mass is 336 g/mol. The van der Waals surface area contributed by atoms with Gasteiger partial charge in [-0.15, -0.1) is 0 Å². The standard InChI is InChI=1S/C8H17NO3S.C7H15NO/c1-13(10,11)12-8-7-9-5-3-2-4-6-9;9-7-6-8-4-2-1-3-5-8/h2-8H2,1H3;9H,1-7H2. The van der Waals surface area contributed by atoms with Crippen LogP contribution < -0.4 is 0 Å². The molecule has 2 aliphatic rings. The minimum atomic E-state index is -3.25. The normalized spacial score (nSPS) is 21.2. The Labute approximate surface area is 135 Å². The van der Waals surface area contributed by atoms with Crippen molar-refractivity contribution in [3.63, 3.8) is 0 Å². The van der Waals surface area contributed by atoms with E-state index in [0.29, 0.717) is 13.2 Å². The molecule has 0 spiro atoms. The molecule has 0 atom stereocenters. The van der Waals surface area contributed by atoms with Crippen LogP contribution in [0.2, 0.25) is 0 Å². The minimum absolute atomic E-state index is 0.291. The van der Waals surface area contributed by atoms with Crippen LogP contribution in [-0.2, 0) is 14.3 Å². The van der Waals surface area contributed by atoms with Crippen molar-refractivity contribution in [3.05, 3.63) is 0 Å². The van der Waals surface area contributed by atoms with Crippen LogP contribution in [0.3, 0.4) is 0 Å². The zero-order chi connectivity index (χ0) is 16.3. The fourth-order valence-electron chi connectivity index (χ4n) is 2.83. The van der Waals surface area contributed by atoms with Gasteiger partial charge in [0.05, 0.1) is 19.5 Å². The summed E-state index contributed by atoms with van der Waals surface area (Å²) in [5.74, 6) is 0. The van der Waals surface area contributed by atoms with E-state index in [4.69, 9.17) is 5.11 Å². The summed E-state index contributed by atoms with van der Waals surface area (Å²) in [4.78, 5) is 4.57. The summed E-state index contributed by atoms with van der Waals surface area (Å²) in [6.45, 7) is 6.76. The summed E-state index contributed by atoms with van der Waals surface area (Å²) in [5, 5.41) is 8.58. The van der Waals surface area contributed by atoms with Gasteiger partial charge in [0.15, 0.2) is 0 Å². The number of hydrogen-bond donors (Lipinski definition) is 1. The summed E-state index contributed by atoms with van der Waals surface area (Å²) in [6.07, 6.45) is 8.84. The first-order valence-electron chi connectivity index (χ1n) is 8.41. The summed E-state index contributed by atoms with van der Waals surface area (Å²) in [5.41, 5.74) is 0. The fraction of sp³-hybridized carbons (Fsp3) is 1.00. The van der Waals surface area contributed by atoms with E-state index in [-0.39, 0.29) is 0 Å². The molecule has 6 nitrogen and oxygen atoms in total. The van der Waals surface area contributed by atoms with Crippen molar-refractivity contribution in [3.8, 4) is 0 Å². The van der Waals surface area contributed by atoms with Gasteiger partial charge in [0, 0.05) is 13.1 Å². The fourth-order valence-corrected chi connectivity index (χ4v) is 3.20. The van der Waals surface area contributed by atoms with Crippen molar-refractivity contribution in [1.29, 1.82) is 0 Å². The van der Waals surface area contributed by atoms with Gasteiger partial charge in [-0.1, -0.05) is 12.8 Å². The van der Waals surface area contributed by atoms with Gasteiger partial charge in [-0.25, -0.2) is 0 Å². The maximum Gasteiger partial charge on any atom is 0.264 e. The largest absolute Gasteiger partial charge is 0.395 e. The number of nitrogens with zero attached hydrogens (tertiary/aromatic N) is 2. The molecule has 0 aromatic rings. The Kier molecular flexibility index (Phi) is 10.2. The Bertz CT molecular complexity index is 361. The molecule has 0 unspecified atom stereocenters. The molecule has 0 aliphatic carbocycles. The van der Waals surface area contributed by atoms with Crippen LogP contribution in [0.1, 0.15) is 38.5 Å². The van der Waals surface area contributed by atoms with Gasteiger partial charge in [-0.05, 0) is 51.9 Å². The molecule has 0 aromatic heterocycles. The predicted molar refractivity (Wildman–Crippen MR) is 88.5 cm³/mol. The van der Waals surface area contributed by atoms with Crippen LogP contribution in [0.25, 0.3) is 0 Å². The minimum Gasteiger partial charge on any atom is -0.395 e. The average molecular weight is 336 g/mol. The van der Waals surface area contributed by atoms with E-state index < -0.39 is 10.1 Å². The van der Waals surface area contributed by atoms with E-state index in [0.717, 1.165) is 32.4 Å². The zero-order valence-corrected chi connectivity index (χ0v) is 14.7. The first-order valence-corrected chi connectivity index (χ1v) is 10.2. The summed E-state index contributed by atoms with van der Waals surface area (Å²) >= 11 is 0. The molecule has 132 valence electrons. The highest BCUT2D eigenvalue weighted by molar-refractivity contribution is 7.85. The second-order valence-electron chi connectivity index (χ2n) is 6.05.